The number of likely N-dealkylation sites (N-methyl/N-ethyl adjacent to an activating group) is 1. The van der Waals surface area contributed by atoms with Gasteiger partial charge < -0.3 is 9.80 Å². The van der Waals surface area contributed by atoms with E-state index in [0.29, 0.717) is 10.3 Å². The number of rotatable bonds is 1. The summed E-state index contributed by atoms with van der Waals surface area (Å²) in [7, 11) is 2.07. The van der Waals surface area contributed by atoms with Gasteiger partial charge in [-0.3, -0.25) is 0 Å². The number of nitrogens with zero attached hydrogens (tertiary/aromatic N) is 3. The molecule has 0 saturated carbocycles. The highest BCUT2D eigenvalue weighted by Crippen LogP contribution is 2.20. The Kier molecular flexibility index (Phi) is 3.21. The number of anilines is 1. The summed E-state index contributed by atoms with van der Waals surface area (Å²) in [5.74, 6) is 0.209. The fourth-order valence-electron chi connectivity index (χ4n) is 1.66. The van der Waals surface area contributed by atoms with Gasteiger partial charge in [-0.25, -0.2) is 9.37 Å². The summed E-state index contributed by atoms with van der Waals surface area (Å²) in [5.41, 5.74) is 0. The standard InChI is InChI=1S/C10H13BrFN3/c1-14-2-4-15(5-3-14)10-9(12)6-8(11)7-13-10/h6-7H,2-5H2,1H3. The summed E-state index contributed by atoms with van der Waals surface area (Å²) >= 11 is 3.20. The Hall–Kier alpha value is -0.680. The van der Waals surface area contributed by atoms with Crippen molar-refractivity contribution in [2.75, 3.05) is 38.1 Å². The Labute approximate surface area is 97.0 Å². The zero-order valence-electron chi connectivity index (χ0n) is 8.58. The Morgan fingerprint density at radius 3 is 2.60 bits per heavy atom. The van der Waals surface area contributed by atoms with Gasteiger partial charge in [-0.15, -0.1) is 0 Å². The molecule has 0 amide bonds. The van der Waals surface area contributed by atoms with Crippen molar-refractivity contribution in [3.05, 3.63) is 22.6 Å². The first-order valence-corrected chi connectivity index (χ1v) is 5.70. The molecular formula is C10H13BrFN3. The molecule has 0 aromatic carbocycles. The van der Waals surface area contributed by atoms with E-state index < -0.39 is 0 Å². The molecule has 0 radical (unpaired) electrons. The molecule has 1 aromatic rings. The van der Waals surface area contributed by atoms with Crippen LogP contribution < -0.4 is 4.90 Å². The molecule has 1 saturated heterocycles. The second-order valence-corrected chi connectivity index (χ2v) is 4.66. The number of hydrogen-bond acceptors (Lipinski definition) is 3. The van der Waals surface area contributed by atoms with Crippen LogP contribution in [-0.4, -0.2) is 43.1 Å². The first kappa shape index (κ1) is 10.8. The third-order valence-electron chi connectivity index (χ3n) is 2.59. The maximum absolute atomic E-state index is 13.6. The number of piperazine rings is 1. The van der Waals surface area contributed by atoms with Crippen molar-refractivity contribution in [2.45, 2.75) is 0 Å². The summed E-state index contributed by atoms with van der Waals surface area (Å²) in [6.07, 6.45) is 1.64. The third-order valence-corrected chi connectivity index (χ3v) is 3.02. The van der Waals surface area contributed by atoms with Crippen LogP contribution >= 0.6 is 15.9 Å². The Bertz CT molecular complexity index is 351. The molecule has 5 heteroatoms. The van der Waals surface area contributed by atoms with Crippen LogP contribution in [0.5, 0.6) is 0 Å². The molecule has 1 aliphatic rings. The molecule has 0 spiro atoms. The molecule has 0 aliphatic carbocycles. The Morgan fingerprint density at radius 1 is 1.33 bits per heavy atom. The predicted octanol–water partition coefficient (Wildman–Crippen LogP) is 1.73. The number of halogens is 2. The highest BCUT2D eigenvalue weighted by atomic mass is 79.9. The topological polar surface area (TPSA) is 19.4 Å². The summed E-state index contributed by atoms with van der Waals surface area (Å²) in [6, 6.07) is 1.46. The lowest BCUT2D eigenvalue weighted by Gasteiger charge is -2.33. The van der Waals surface area contributed by atoms with Crippen LogP contribution in [0.1, 0.15) is 0 Å². The van der Waals surface area contributed by atoms with E-state index in [-0.39, 0.29) is 5.82 Å². The first-order valence-electron chi connectivity index (χ1n) is 4.91. The molecule has 0 N–H and O–H groups in total. The molecule has 3 nitrogen and oxygen atoms in total. The summed E-state index contributed by atoms with van der Waals surface area (Å²) < 4.78 is 14.3. The minimum Gasteiger partial charge on any atom is -0.352 e. The van der Waals surface area contributed by atoms with E-state index in [1.54, 1.807) is 6.20 Å². The maximum Gasteiger partial charge on any atom is 0.166 e. The van der Waals surface area contributed by atoms with Crippen molar-refractivity contribution in [3.63, 3.8) is 0 Å². The van der Waals surface area contributed by atoms with E-state index in [1.165, 1.54) is 6.07 Å². The van der Waals surface area contributed by atoms with Crippen molar-refractivity contribution in [1.29, 1.82) is 0 Å². The van der Waals surface area contributed by atoms with Crippen molar-refractivity contribution in [2.24, 2.45) is 0 Å². The van der Waals surface area contributed by atoms with E-state index in [0.717, 1.165) is 26.2 Å². The molecule has 1 aromatic heterocycles. The second kappa shape index (κ2) is 4.45. The number of hydrogen-bond donors (Lipinski definition) is 0. The maximum atomic E-state index is 13.6. The van der Waals surface area contributed by atoms with Crippen molar-refractivity contribution >= 4 is 21.7 Å². The van der Waals surface area contributed by atoms with Crippen molar-refractivity contribution in [3.8, 4) is 0 Å². The van der Waals surface area contributed by atoms with Crippen LogP contribution in [0.3, 0.4) is 0 Å². The highest BCUT2D eigenvalue weighted by Gasteiger charge is 2.18. The molecule has 15 heavy (non-hydrogen) atoms. The van der Waals surface area contributed by atoms with E-state index >= 15 is 0 Å². The van der Waals surface area contributed by atoms with E-state index in [4.69, 9.17) is 0 Å². The Morgan fingerprint density at radius 2 is 2.00 bits per heavy atom. The zero-order valence-corrected chi connectivity index (χ0v) is 10.2. The molecule has 2 heterocycles. The molecule has 2 rings (SSSR count). The molecular weight excluding hydrogens is 261 g/mol. The number of pyridine rings is 1. The SMILES string of the molecule is CN1CCN(c2ncc(Br)cc2F)CC1. The van der Waals surface area contributed by atoms with Crippen LogP contribution in [0.15, 0.2) is 16.7 Å². The smallest absolute Gasteiger partial charge is 0.166 e. The molecule has 1 fully saturated rings. The molecule has 0 unspecified atom stereocenters. The molecule has 1 aliphatic heterocycles. The number of aromatic nitrogens is 1. The van der Waals surface area contributed by atoms with E-state index in [9.17, 15) is 4.39 Å². The highest BCUT2D eigenvalue weighted by molar-refractivity contribution is 9.10. The lowest BCUT2D eigenvalue weighted by atomic mass is 10.3. The minimum atomic E-state index is -0.256. The fourth-order valence-corrected chi connectivity index (χ4v) is 1.96. The van der Waals surface area contributed by atoms with Crippen molar-refractivity contribution < 1.29 is 4.39 Å². The van der Waals surface area contributed by atoms with Gasteiger partial charge in [0.2, 0.25) is 0 Å². The third kappa shape index (κ3) is 2.46. The largest absolute Gasteiger partial charge is 0.352 e. The van der Waals surface area contributed by atoms with Crippen LogP contribution in [0.2, 0.25) is 0 Å². The average Bonchev–Trinajstić information content (AvgIpc) is 2.20. The molecule has 0 bridgehead atoms. The minimum absolute atomic E-state index is 0.256. The van der Waals surface area contributed by atoms with Gasteiger partial charge in [0.15, 0.2) is 11.6 Å². The summed E-state index contributed by atoms with van der Waals surface area (Å²) in [6.45, 7) is 3.58. The molecule has 82 valence electrons. The summed E-state index contributed by atoms with van der Waals surface area (Å²) in [4.78, 5) is 8.33. The summed E-state index contributed by atoms with van der Waals surface area (Å²) in [5, 5.41) is 0. The van der Waals surface area contributed by atoms with Crippen molar-refractivity contribution in [1.82, 2.24) is 9.88 Å². The molecule has 0 atom stereocenters. The van der Waals surface area contributed by atoms with Crippen LogP contribution in [-0.2, 0) is 0 Å². The van der Waals surface area contributed by atoms with Gasteiger partial charge in [0, 0.05) is 36.8 Å². The predicted molar refractivity (Wildman–Crippen MR) is 61.6 cm³/mol. The van der Waals surface area contributed by atoms with Crippen LogP contribution in [0, 0.1) is 5.82 Å². The van der Waals surface area contributed by atoms with E-state index in [2.05, 4.69) is 32.9 Å². The lowest BCUT2D eigenvalue weighted by molar-refractivity contribution is 0.310. The van der Waals surface area contributed by atoms with Gasteiger partial charge in [0.1, 0.15) is 0 Å². The Balaban J connectivity index is 2.15. The lowest BCUT2D eigenvalue weighted by Crippen LogP contribution is -2.45. The quantitative estimate of drug-likeness (QED) is 0.777. The fraction of sp³-hybridized carbons (Fsp3) is 0.500. The average molecular weight is 274 g/mol. The normalized spacial score (nSPS) is 18.2. The van der Waals surface area contributed by atoms with Crippen LogP contribution in [0.25, 0.3) is 0 Å². The second-order valence-electron chi connectivity index (χ2n) is 3.75. The first-order chi connectivity index (χ1) is 7.16. The van der Waals surface area contributed by atoms with Crippen LogP contribution in [0.4, 0.5) is 10.2 Å². The van der Waals surface area contributed by atoms with Gasteiger partial charge in [-0.1, -0.05) is 0 Å². The monoisotopic (exact) mass is 273 g/mol. The van der Waals surface area contributed by atoms with Gasteiger partial charge in [0.05, 0.1) is 0 Å². The van der Waals surface area contributed by atoms with Gasteiger partial charge in [-0.2, -0.15) is 0 Å². The van der Waals surface area contributed by atoms with Gasteiger partial charge >= 0.3 is 0 Å². The zero-order chi connectivity index (χ0) is 10.8. The van der Waals surface area contributed by atoms with E-state index in [1.807, 2.05) is 4.90 Å². The van der Waals surface area contributed by atoms with Gasteiger partial charge in [-0.05, 0) is 29.0 Å². The van der Waals surface area contributed by atoms with Gasteiger partial charge in [0.25, 0.3) is 0 Å².